The first kappa shape index (κ1) is 14.5. The number of hydrogen-bond acceptors (Lipinski definition) is 4. The van der Waals surface area contributed by atoms with Gasteiger partial charge in [-0.1, -0.05) is 12.1 Å². The van der Waals surface area contributed by atoms with Crippen LogP contribution in [0.5, 0.6) is 0 Å². The van der Waals surface area contributed by atoms with Gasteiger partial charge in [0.25, 0.3) is 0 Å². The highest BCUT2D eigenvalue weighted by atomic mass is 32.2. The van der Waals surface area contributed by atoms with Gasteiger partial charge in [-0.05, 0) is 37.0 Å². The van der Waals surface area contributed by atoms with E-state index in [-0.39, 0.29) is 17.9 Å². The van der Waals surface area contributed by atoms with Crippen LogP contribution in [0.1, 0.15) is 30.4 Å². The SMILES string of the molecule is N#Cc1ccc(CS(=O)(=O)N2CCOC3CCCC32)cc1. The van der Waals surface area contributed by atoms with Crippen molar-refractivity contribution < 1.29 is 13.2 Å². The van der Waals surface area contributed by atoms with Crippen LogP contribution in [0.3, 0.4) is 0 Å². The Morgan fingerprint density at radius 3 is 2.76 bits per heavy atom. The molecule has 2 fully saturated rings. The molecule has 0 N–H and O–H groups in total. The molecule has 0 aromatic heterocycles. The van der Waals surface area contributed by atoms with Gasteiger partial charge in [0.2, 0.25) is 10.0 Å². The van der Waals surface area contributed by atoms with Crippen LogP contribution in [-0.4, -0.2) is 38.0 Å². The zero-order valence-electron chi connectivity index (χ0n) is 11.7. The van der Waals surface area contributed by atoms with Gasteiger partial charge in [-0.25, -0.2) is 8.42 Å². The number of rotatable bonds is 3. The monoisotopic (exact) mass is 306 g/mol. The Bertz CT molecular complexity index is 648. The van der Waals surface area contributed by atoms with Crippen molar-refractivity contribution in [2.24, 2.45) is 0 Å². The molecule has 2 aliphatic rings. The fourth-order valence-electron chi connectivity index (χ4n) is 3.20. The van der Waals surface area contributed by atoms with Gasteiger partial charge in [0.05, 0.1) is 36.1 Å². The molecule has 0 radical (unpaired) electrons. The van der Waals surface area contributed by atoms with Crippen LogP contribution >= 0.6 is 0 Å². The number of fused-ring (bicyclic) bond motifs is 1. The first-order chi connectivity index (χ1) is 10.1. The predicted octanol–water partition coefficient (Wildman–Crippen LogP) is 1.64. The first-order valence-electron chi connectivity index (χ1n) is 7.20. The molecular formula is C15H18N2O3S. The molecule has 6 heteroatoms. The second-order valence-electron chi connectivity index (χ2n) is 5.58. The van der Waals surface area contributed by atoms with E-state index in [1.165, 1.54) is 0 Å². The highest BCUT2D eigenvalue weighted by Crippen LogP contribution is 2.32. The van der Waals surface area contributed by atoms with Crippen molar-refractivity contribution in [1.29, 1.82) is 5.26 Å². The largest absolute Gasteiger partial charge is 0.375 e. The second kappa shape index (κ2) is 5.76. The zero-order valence-corrected chi connectivity index (χ0v) is 12.6. The Kier molecular flexibility index (Phi) is 3.98. The molecule has 5 nitrogen and oxygen atoms in total. The van der Waals surface area contributed by atoms with Gasteiger partial charge >= 0.3 is 0 Å². The van der Waals surface area contributed by atoms with E-state index in [0.29, 0.717) is 18.7 Å². The predicted molar refractivity (Wildman–Crippen MR) is 77.9 cm³/mol. The molecule has 112 valence electrons. The summed E-state index contributed by atoms with van der Waals surface area (Å²) in [5, 5.41) is 8.78. The Hall–Kier alpha value is -1.42. The molecule has 3 rings (SSSR count). The lowest BCUT2D eigenvalue weighted by molar-refractivity contribution is -0.0242. The molecular weight excluding hydrogens is 288 g/mol. The van der Waals surface area contributed by atoms with E-state index in [1.54, 1.807) is 28.6 Å². The van der Waals surface area contributed by atoms with E-state index >= 15 is 0 Å². The lowest BCUT2D eigenvalue weighted by Gasteiger charge is -2.36. The Morgan fingerprint density at radius 2 is 2.05 bits per heavy atom. The molecule has 2 unspecified atom stereocenters. The third kappa shape index (κ3) is 2.95. The maximum atomic E-state index is 12.7. The van der Waals surface area contributed by atoms with Gasteiger partial charge in [0, 0.05) is 6.54 Å². The summed E-state index contributed by atoms with van der Waals surface area (Å²) in [4.78, 5) is 0. The fourth-order valence-corrected chi connectivity index (χ4v) is 4.99. The van der Waals surface area contributed by atoms with Crippen molar-refractivity contribution in [2.45, 2.75) is 37.2 Å². The zero-order chi connectivity index (χ0) is 14.9. The molecule has 0 amide bonds. The average Bonchev–Trinajstić information content (AvgIpc) is 2.95. The van der Waals surface area contributed by atoms with Crippen LogP contribution < -0.4 is 0 Å². The molecule has 0 bridgehead atoms. The molecule has 1 heterocycles. The maximum absolute atomic E-state index is 12.7. The Morgan fingerprint density at radius 1 is 1.29 bits per heavy atom. The average molecular weight is 306 g/mol. The van der Waals surface area contributed by atoms with Crippen molar-refractivity contribution in [3.05, 3.63) is 35.4 Å². The summed E-state index contributed by atoms with van der Waals surface area (Å²) in [6.07, 6.45) is 2.93. The molecule has 1 saturated carbocycles. The van der Waals surface area contributed by atoms with E-state index < -0.39 is 10.0 Å². The van der Waals surface area contributed by atoms with Gasteiger partial charge in [-0.2, -0.15) is 9.57 Å². The van der Waals surface area contributed by atoms with E-state index in [4.69, 9.17) is 10.00 Å². The number of ether oxygens (including phenoxy) is 1. The maximum Gasteiger partial charge on any atom is 0.218 e. The summed E-state index contributed by atoms with van der Waals surface area (Å²) < 4.78 is 32.6. The molecule has 1 aliphatic heterocycles. The minimum absolute atomic E-state index is 0.00197. The lowest BCUT2D eigenvalue weighted by atomic mass is 10.2. The highest BCUT2D eigenvalue weighted by molar-refractivity contribution is 7.88. The molecule has 2 atom stereocenters. The number of nitriles is 1. The Balaban J connectivity index is 1.78. The van der Waals surface area contributed by atoms with Crippen molar-refractivity contribution in [1.82, 2.24) is 4.31 Å². The lowest BCUT2D eigenvalue weighted by Crippen LogP contribution is -2.51. The van der Waals surface area contributed by atoms with Crippen LogP contribution in [0.4, 0.5) is 0 Å². The Labute approximate surface area is 125 Å². The second-order valence-corrected chi connectivity index (χ2v) is 7.50. The minimum atomic E-state index is -3.34. The first-order valence-corrected chi connectivity index (χ1v) is 8.81. The van der Waals surface area contributed by atoms with Crippen molar-refractivity contribution in [3.63, 3.8) is 0 Å². The molecule has 1 aliphatic carbocycles. The van der Waals surface area contributed by atoms with E-state index in [9.17, 15) is 8.42 Å². The smallest absolute Gasteiger partial charge is 0.218 e. The van der Waals surface area contributed by atoms with Crippen LogP contribution in [0, 0.1) is 11.3 Å². The van der Waals surface area contributed by atoms with Gasteiger partial charge in [-0.3, -0.25) is 0 Å². The topological polar surface area (TPSA) is 70.4 Å². The molecule has 1 aromatic carbocycles. The molecule has 21 heavy (non-hydrogen) atoms. The van der Waals surface area contributed by atoms with Crippen LogP contribution in [-0.2, 0) is 20.5 Å². The molecule has 0 spiro atoms. The van der Waals surface area contributed by atoms with Crippen molar-refractivity contribution >= 4 is 10.0 Å². The van der Waals surface area contributed by atoms with Crippen molar-refractivity contribution in [2.75, 3.05) is 13.2 Å². The van der Waals surface area contributed by atoms with Gasteiger partial charge in [-0.15, -0.1) is 0 Å². The number of benzene rings is 1. The summed E-state index contributed by atoms with van der Waals surface area (Å²) in [6.45, 7) is 0.924. The third-order valence-electron chi connectivity index (χ3n) is 4.22. The summed E-state index contributed by atoms with van der Waals surface area (Å²) >= 11 is 0. The summed E-state index contributed by atoms with van der Waals surface area (Å²) in [6, 6.07) is 8.77. The highest BCUT2D eigenvalue weighted by Gasteiger charge is 2.41. The van der Waals surface area contributed by atoms with Crippen molar-refractivity contribution in [3.8, 4) is 6.07 Å². The standard InChI is InChI=1S/C15H18N2O3S/c16-10-12-4-6-13(7-5-12)11-21(18,19)17-8-9-20-15-3-1-2-14(15)17/h4-7,14-15H,1-3,8-9,11H2. The van der Waals surface area contributed by atoms with Gasteiger partial charge in [0.1, 0.15) is 0 Å². The minimum Gasteiger partial charge on any atom is -0.375 e. The molecule has 1 saturated heterocycles. The van der Waals surface area contributed by atoms with E-state index in [2.05, 4.69) is 0 Å². The summed E-state index contributed by atoms with van der Waals surface area (Å²) in [5.41, 5.74) is 1.26. The van der Waals surface area contributed by atoms with Gasteiger partial charge in [0.15, 0.2) is 0 Å². The van der Waals surface area contributed by atoms with Gasteiger partial charge < -0.3 is 4.74 Å². The van der Waals surface area contributed by atoms with Crippen LogP contribution in [0.25, 0.3) is 0 Å². The normalized spacial score (nSPS) is 26.2. The van der Waals surface area contributed by atoms with E-state index in [0.717, 1.165) is 24.8 Å². The van der Waals surface area contributed by atoms with Crippen LogP contribution in [0.15, 0.2) is 24.3 Å². The quantitative estimate of drug-likeness (QED) is 0.851. The third-order valence-corrected chi connectivity index (χ3v) is 6.09. The summed E-state index contributed by atoms with van der Waals surface area (Å²) in [7, 11) is -3.34. The fraction of sp³-hybridized carbons (Fsp3) is 0.533. The number of sulfonamides is 1. The van der Waals surface area contributed by atoms with E-state index in [1.807, 2.05) is 6.07 Å². The van der Waals surface area contributed by atoms with Crippen LogP contribution in [0.2, 0.25) is 0 Å². The number of morpholine rings is 1. The summed E-state index contributed by atoms with van der Waals surface area (Å²) in [5.74, 6) is -0.0120. The number of nitrogens with zero attached hydrogens (tertiary/aromatic N) is 2. The number of hydrogen-bond donors (Lipinski definition) is 0. The molecule has 1 aromatic rings.